The molecule has 7 nitrogen and oxygen atoms in total. The number of thiazole rings is 1. The van der Waals surface area contributed by atoms with Crippen LogP contribution in [0.4, 0.5) is 11.5 Å². The fraction of sp³-hybridized carbons (Fsp3) is 0.250. The maximum Gasteiger partial charge on any atom is 0.145 e. The Morgan fingerprint density at radius 3 is 2.81 bits per heavy atom. The van der Waals surface area contributed by atoms with E-state index in [2.05, 4.69) is 50.5 Å². The van der Waals surface area contributed by atoms with Gasteiger partial charge in [-0.25, -0.2) is 15.0 Å². The second-order valence-corrected chi connectivity index (χ2v) is 9.20. The number of aromatic nitrogens is 5. The Kier molecular flexibility index (Phi) is 4.53. The second kappa shape index (κ2) is 7.56. The van der Waals surface area contributed by atoms with Gasteiger partial charge in [0.1, 0.15) is 17.9 Å². The molecule has 1 fully saturated rings. The molecule has 0 spiro atoms. The van der Waals surface area contributed by atoms with Crippen LogP contribution in [0, 0.1) is 5.92 Å². The van der Waals surface area contributed by atoms with Gasteiger partial charge in [-0.15, -0.1) is 11.3 Å². The van der Waals surface area contributed by atoms with Crippen LogP contribution in [-0.4, -0.2) is 30.8 Å². The smallest absolute Gasteiger partial charge is 0.145 e. The molecule has 0 aliphatic heterocycles. The predicted octanol–water partition coefficient (Wildman–Crippen LogP) is 5.56. The van der Waals surface area contributed by atoms with Gasteiger partial charge in [-0.05, 0) is 61.6 Å². The van der Waals surface area contributed by atoms with Gasteiger partial charge in [-0.3, -0.25) is 4.68 Å². The molecule has 2 aromatic carbocycles. The summed E-state index contributed by atoms with van der Waals surface area (Å²) in [5, 5.41) is 8.69. The summed E-state index contributed by atoms with van der Waals surface area (Å²) in [5.74, 6) is 2.14. The standard InChI is InChI=1S/C24H22N6OS/c1-14(15-3-4-15)31-21-8-16(17-10-28-30(2)11-17)7-20-23(21)24(26-12-25-20)29-18-5-6-19-22(9-18)32-13-27-19/h5-15H,3-4H2,1-2H3,(H,25,26,29)/t14-/m0/s1. The van der Waals surface area contributed by atoms with Crippen LogP contribution >= 0.6 is 11.3 Å². The van der Waals surface area contributed by atoms with Crippen molar-refractivity contribution in [3.05, 3.63) is 54.6 Å². The molecule has 32 heavy (non-hydrogen) atoms. The molecular weight excluding hydrogens is 420 g/mol. The fourth-order valence-electron chi connectivity index (χ4n) is 4.01. The molecule has 0 saturated heterocycles. The average Bonchev–Trinajstić information content (AvgIpc) is 3.39. The number of benzene rings is 2. The van der Waals surface area contributed by atoms with Gasteiger partial charge in [0.15, 0.2) is 0 Å². The van der Waals surface area contributed by atoms with Gasteiger partial charge >= 0.3 is 0 Å². The number of nitrogens with zero attached hydrogens (tertiary/aromatic N) is 5. The number of hydrogen-bond donors (Lipinski definition) is 1. The van der Waals surface area contributed by atoms with Crippen molar-refractivity contribution < 1.29 is 4.74 Å². The normalized spacial score (nSPS) is 14.7. The summed E-state index contributed by atoms with van der Waals surface area (Å²) in [6.07, 6.45) is 8.04. The topological polar surface area (TPSA) is 77.8 Å². The number of rotatable bonds is 6. The third kappa shape index (κ3) is 3.56. The van der Waals surface area contributed by atoms with Crippen molar-refractivity contribution in [2.24, 2.45) is 13.0 Å². The van der Waals surface area contributed by atoms with Crippen LogP contribution in [0.1, 0.15) is 19.8 Å². The minimum atomic E-state index is 0.143. The molecule has 0 amide bonds. The van der Waals surface area contributed by atoms with Gasteiger partial charge in [0.25, 0.3) is 0 Å². The molecule has 1 saturated carbocycles. The zero-order valence-corrected chi connectivity index (χ0v) is 18.6. The number of ether oxygens (including phenoxy) is 1. The molecule has 0 unspecified atom stereocenters. The molecule has 1 aliphatic rings. The largest absolute Gasteiger partial charge is 0.490 e. The van der Waals surface area contributed by atoms with Crippen molar-refractivity contribution in [3.63, 3.8) is 0 Å². The summed E-state index contributed by atoms with van der Waals surface area (Å²) in [6, 6.07) is 10.3. The molecule has 3 heterocycles. The lowest BCUT2D eigenvalue weighted by Crippen LogP contribution is -2.14. The minimum absolute atomic E-state index is 0.143. The van der Waals surface area contributed by atoms with Gasteiger partial charge in [0, 0.05) is 24.5 Å². The molecular formula is C24H22N6OS. The Morgan fingerprint density at radius 1 is 1.09 bits per heavy atom. The maximum atomic E-state index is 6.50. The van der Waals surface area contributed by atoms with Crippen LogP contribution in [0.25, 0.3) is 32.2 Å². The number of nitrogens with one attached hydrogen (secondary N) is 1. The highest BCUT2D eigenvalue weighted by Crippen LogP contribution is 2.40. The summed E-state index contributed by atoms with van der Waals surface area (Å²) in [7, 11) is 1.92. The van der Waals surface area contributed by atoms with Crippen LogP contribution < -0.4 is 10.1 Å². The molecule has 6 rings (SSSR count). The van der Waals surface area contributed by atoms with Gasteiger partial charge in [0.2, 0.25) is 0 Å². The summed E-state index contributed by atoms with van der Waals surface area (Å²) >= 11 is 1.62. The summed E-state index contributed by atoms with van der Waals surface area (Å²) in [5.41, 5.74) is 6.71. The van der Waals surface area contributed by atoms with Crippen molar-refractivity contribution in [1.29, 1.82) is 0 Å². The number of aryl methyl sites for hydroxylation is 1. The van der Waals surface area contributed by atoms with E-state index in [1.807, 2.05) is 37.1 Å². The van der Waals surface area contributed by atoms with Crippen molar-refractivity contribution in [2.45, 2.75) is 25.9 Å². The zero-order valence-electron chi connectivity index (χ0n) is 17.8. The number of hydrogen-bond acceptors (Lipinski definition) is 7. The van der Waals surface area contributed by atoms with E-state index in [0.29, 0.717) is 5.92 Å². The van der Waals surface area contributed by atoms with Crippen molar-refractivity contribution in [2.75, 3.05) is 5.32 Å². The van der Waals surface area contributed by atoms with Crippen LogP contribution in [0.2, 0.25) is 0 Å². The van der Waals surface area contributed by atoms with E-state index in [0.717, 1.165) is 49.5 Å². The van der Waals surface area contributed by atoms with E-state index in [9.17, 15) is 0 Å². The van der Waals surface area contributed by atoms with Gasteiger partial charge < -0.3 is 10.1 Å². The highest BCUT2D eigenvalue weighted by molar-refractivity contribution is 7.16. The number of anilines is 2. The van der Waals surface area contributed by atoms with Gasteiger partial charge in [-0.1, -0.05) is 0 Å². The molecule has 0 bridgehead atoms. The first kappa shape index (κ1) is 19.2. The van der Waals surface area contributed by atoms with E-state index in [1.54, 1.807) is 22.3 Å². The van der Waals surface area contributed by atoms with Crippen LogP contribution in [-0.2, 0) is 7.05 Å². The molecule has 160 valence electrons. The van der Waals surface area contributed by atoms with Crippen molar-refractivity contribution in [3.8, 4) is 16.9 Å². The molecule has 1 atom stereocenters. The van der Waals surface area contributed by atoms with Gasteiger partial charge in [-0.2, -0.15) is 5.10 Å². The Morgan fingerprint density at radius 2 is 2.00 bits per heavy atom. The highest BCUT2D eigenvalue weighted by atomic mass is 32.1. The lowest BCUT2D eigenvalue weighted by Gasteiger charge is -2.18. The Balaban J connectivity index is 1.47. The lowest BCUT2D eigenvalue weighted by molar-refractivity contribution is 0.201. The molecule has 3 aromatic heterocycles. The van der Waals surface area contributed by atoms with Crippen LogP contribution in [0.15, 0.2) is 54.6 Å². The second-order valence-electron chi connectivity index (χ2n) is 8.31. The van der Waals surface area contributed by atoms with Crippen LogP contribution in [0.5, 0.6) is 5.75 Å². The Bertz CT molecular complexity index is 1440. The molecule has 5 aromatic rings. The average molecular weight is 443 g/mol. The summed E-state index contributed by atoms with van der Waals surface area (Å²) in [4.78, 5) is 13.5. The van der Waals surface area contributed by atoms with E-state index in [1.165, 1.54) is 12.8 Å². The molecule has 1 N–H and O–H groups in total. The van der Waals surface area contributed by atoms with Gasteiger partial charge in [0.05, 0.1) is 38.9 Å². The Hall–Kier alpha value is -3.52. The SMILES string of the molecule is C[C@H](Oc1cc(-c2cnn(C)c2)cc2ncnc(Nc3ccc4ncsc4c3)c12)C1CC1. The Labute approximate surface area is 189 Å². The molecule has 8 heteroatoms. The third-order valence-electron chi connectivity index (χ3n) is 5.93. The summed E-state index contributed by atoms with van der Waals surface area (Å²) in [6.45, 7) is 2.15. The molecule has 1 aliphatic carbocycles. The fourth-order valence-corrected chi connectivity index (χ4v) is 4.73. The quantitative estimate of drug-likeness (QED) is 0.371. The minimum Gasteiger partial charge on any atom is -0.490 e. The first-order valence-electron chi connectivity index (χ1n) is 10.7. The zero-order chi connectivity index (χ0) is 21.7. The summed E-state index contributed by atoms with van der Waals surface area (Å²) < 4.78 is 9.43. The van der Waals surface area contributed by atoms with Crippen LogP contribution in [0.3, 0.4) is 0 Å². The maximum absolute atomic E-state index is 6.50. The highest BCUT2D eigenvalue weighted by Gasteiger charge is 2.30. The van der Waals surface area contributed by atoms with E-state index < -0.39 is 0 Å². The van der Waals surface area contributed by atoms with Crippen molar-refractivity contribution >= 4 is 44.0 Å². The predicted molar refractivity (Wildman–Crippen MR) is 127 cm³/mol. The third-order valence-corrected chi connectivity index (χ3v) is 6.72. The number of fused-ring (bicyclic) bond motifs is 2. The lowest BCUT2D eigenvalue weighted by atomic mass is 10.1. The van der Waals surface area contributed by atoms with E-state index in [-0.39, 0.29) is 6.10 Å². The van der Waals surface area contributed by atoms with Crippen molar-refractivity contribution in [1.82, 2.24) is 24.7 Å². The monoisotopic (exact) mass is 442 g/mol. The first-order chi connectivity index (χ1) is 15.6. The first-order valence-corrected chi connectivity index (χ1v) is 11.6. The van der Waals surface area contributed by atoms with E-state index >= 15 is 0 Å². The van der Waals surface area contributed by atoms with E-state index in [4.69, 9.17) is 4.74 Å². The molecule has 0 radical (unpaired) electrons.